The number of rotatable bonds is 19. The summed E-state index contributed by atoms with van der Waals surface area (Å²) in [5.74, 6) is 0. The fourth-order valence-electron chi connectivity index (χ4n) is 3.45. The summed E-state index contributed by atoms with van der Waals surface area (Å²) >= 11 is 0. The van der Waals surface area contributed by atoms with E-state index in [1.54, 1.807) is 0 Å². The number of hydrogen-bond donors (Lipinski definition) is 0. The highest BCUT2D eigenvalue weighted by molar-refractivity contribution is 7.56. The molecule has 158 valence electrons. The van der Waals surface area contributed by atoms with E-state index in [4.69, 9.17) is 0 Å². The molecule has 0 aliphatic rings. The number of unbranched alkanes of at least 4 members (excludes halogenated alkanes) is 13. The molecular formula is C22H48NO2P. The van der Waals surface area contributed by atoms with Gasteiger partial charge in [-0.1, -0.05) is 90.4 Å². The lowest BCUT2D eigenvalue weighted by molar-refractivity contribution is -0.870. The Balaban J connectivity index is 3.33. The zero-order valence-electron chi connectivity index (χ0n) is 18.4. The molecular weight excluding hydrogens is 341 g/mol. The van der Waals surface area contributed by atoms with E-state index in [1.807, 2.05) is 0 Å². The SMILES string of the molecule is CCCCCCCCCCCCCCCCP(=O)([O-])CCC[N+](C)(C)C. The summed E-state index contributed by atoms with van der Waals surface area (Å²) < 4.78 is 12.9. The van der Waals surface area contributed by atoms with E-state index in [0.717, 1.165) is 30.3 Å². The molecule has 0 N–H and O–H groups in total. The Kier molecular flexibility index (Phi) is 16.2. The van der Waals surface area contributed by atoms with Gasteiger partial charge < -0.3 is 13.9 Å². The van der Waals surface area contributed by atoms with Crippen molar-refractivity contribution < 1.29 is 13.9 Å². The molecule has 0 heterocycles. The van der Waals surface area contributed by atoms with Crippen LogP contribution < -0.4 is 4.89 Å². The van der Waals surface area contributed by atoms with Gasteiger partial charge in [0.25, 0.3) is 0 Å². The molecule has 0 radical (unpaired) electrons. The van der Waals surface area contributed by atoms with E-state index in [2.05, 4.69) is 28.1 Å². The van der Waals surface area contributed by atoms with E-state index in [0.29, 0.717) is 12.3 Å². The molecule has 0 fully saturated rings. The van der Waals surface area contributed by atoms with Gasteiger partial charge in [0, 0.05) is 13.8 Å². The molecule has 3 nitrogen and oxygen atoms in total. The fraction of sp³-hybridized carbons (Fsp3) is 1.00. The summed E-state index contributed by atoms with van der Waals surface area (Å²) in [6.45, 7) is 3.21. The molecule has 0 rings (SSSR count). The van der Waals surface area contributed by atoms with Crippen LogP contribution in [0.15, 0.2) is 0 Å². The highest BCUT2D eigenvalue weighted by Crippen LogP contribution is 2.37. The second-order valence-corrected chi connectivity index (χ2v) is 11.7. The van der Waals surface area contributed by atoms with Crippen molar-refractivity contribution in [3.05, 3.63) is 0 Å². The second-order valence-electron chi connectivity index (χ2n) is 9.23. The van der Waals surface area contributed by atoms with Crippen LogP contribution in [0, 0.1) is 0 Å². The normalized spacial score (nSPS) is 14.5. The maximum atomic E-state index is 12.1. The predicted molar refractivity (Wildman–Crippen MR) is 115 cm³/mol. The minimum absolute atomic E-state index is 0.390. The summed E-state index contributed by atoms with van der Waals surface area (Å²) in [6, 6.07) is 0. The predicted octanol–water partition coefficient (Wildman–Crippen LogP) is 6.20. The maximum Gasteiger partial charge on any atom is 0.0784 e. The van der Waals surface area contributed by atoms with Gasteiger partial charge in [0.15, 0.2) is 0 Å². The summed E-state index contributed by atoms with van der Waals surface area (Å²) in [7, 11) is 3.22. The standard InChI is InChI=1S/C22H48NO2P/c1-5-6-7-8-9-10-11-12-13-14-15-16-17-18-21-26(24,25)22-19-20-23(2,3)4/h5-22H2,1-4H3. The largest absolute Gasteiger partial charge is 0.799 e. The maximum absolute atomic E-state index is 12.1. The van der Waals surface area contributed by atoms with E-state index >= 15 is 0 Å². The van der Waals surface area contributed by atoms with Crippen molar-refractivity contribution in [3.8, 4) is 0 Å². The Bertz CT molecular complexity index is 353. The molecule has 1 atom stereocenters. The van der Waals surface area contributed by atoms with Crippen LogP contribution in [0.3, 0.4) is 0 Å². The van der Waals surface area contributed by atoms with Crippen molar-refractivity contribution >= 4 is 7.37 Å². The fourth-order valence-corrected chi connectivity index (χ4v) is 5.00. The van der Waals surface area contributed by atoms with Gasteiger partial charge in [-0.05, 0) is 18.7 Å². The highest BCUT2D eigenvalue weighted by atomic mass is 31.2. The monoisotopic (exact) mass is 389 g/mol. The summed E-state index contributed by atoms with van der Waals surface area (Å²) in [6.07, 6.45) is 19.9. The van der Waals surface area contributed by atoms with Gasteiger partial charge >= 0.3 is 0 Å². The van der Waals surface area contributed by atoms with Crippen molar-refractivity contribution in [1.82, 2.24) is 0 Å². The van der Waals surface area contributed by atoms with E-state index in [9.17, 15) is 9.46 Å². The zero-order chi connectivity index (χ0) is 19.7. The first-order chi connectivity index (χ1) is 12.3. The molecule has 0 saturated heterocycles. The topological polar surface area (TPSA) is 40.1 Å². The molecule has 0 amide bonds. The third-order valence-corrected chi connectivity index (χ3v) is 7.18. The lowest BCUT2D eigenvalue weighted by atomic mass is 10.0. The molecule has 0 saturated carbocycles. The third-order valence-electron chi connectivity index (χ3n) is 5.18. The van der Waals surface area contributed by atoms with Crippen molar-refractivity contribution in [2.75, 3.05) is 40.0 Å². The quantitative estimate of drug-likeness (QED) is 0.150. The van der Waals surface area contributed by atoms with Gasteiger partial charge in [0.1, 0.15) is 0 Å². The molecule has 0 aromatic heterocycles. The van der Waals surface area contributed by atoms with Crippen molar-refractivity contribution in [2.24, 2.45) is 0 Å². The highest BCUT2D eigenvalue weighted by Gasteiger charge is 2.11. The molecule has 4 heteroatoms. The van der Waals surface area contributed by atoms with E-state index in [1.165, 1.54) is 77.0 Å². The first-order valence-electron chi connectivity index (χ1n) is 11.4. The Morgan fingerprint density at radius 1 is 0.615 bits per heavy atom. The zero-order valence-corrected chi connectivity index (χ0v) is 19.3. The number of quaternary nitrogens is 1. The molecule has 0 aromatic rings. The minimum atomic E-state index is -3.12. The first-order valence-corrected chi connectivity index (χ1v) is 13.4. The minimum Gasteiger partial charge on any atom is -0.799 e. The molecule has 0 spiro atoms. The number of nitrogens with zero attached hydrogens (tertiary/aromatic N) is 1. The molecule has 0 aliphatic carbocycles. The molecule has 26 heavy (non-hydrogen) atoms. The third kappa shape index (κ3) is 20.5. The Morgan fingerprint density at radius 2 is 0.962 bits per heavy atom. The lowest BCUT2D eigenvalue weighted by Crippen LogP contribution is -2.35. The van der Waals surface area contributed by atoms with Gasteiger partial charge in [0.2, 0.25) is 0 Å². The summed E-state index contributed by atoms with van der Waals surface area (Å²) in [5.41, 5.74) is 0. The van der Waals surface area contributed by atoms with Crippen molar-refractivity contribution in [3.63, 3.8) is 0 Å². The summed E-state index contributed by atoms with van der Waals surface area (Å²) in [5, 5.41) is 0. The van der Waals surface area contributed by atoms with Crippen LogP contribution in [0.5, 0.6) is 0 Å². The second kappa shape index (κ2) is 16.1. The molecule has 0 bridgehead atoms. The van der Waals surface area contributed by atoms with Gasteiger partial charge in [-0.15, -0.1) is 0 Å². The van der Waals surface area contributed by atoms with Crippen LogP contribution in [0.25, 0.3) is 0 Å². The van der Waals surface area contributed by atoms with Crippen LogP contribution >= 0.6 is 7.37 Å². The van der Waals surface area contributed by atoms with E-state index in [-0.39, 0.29) is 0 Å². The average molecular weight is 390 g/mol. The van der Waals surface area contributed by atoms with Gasteiger partial charge in [-0.25, -0.2) is 0 Å². The first kappa shape index (κ1) is 26.1. The summed E-state index contributed by atoms with van der Waals surface area (Å²) in [4.78, 5) is 12.1. The average Bonchev–Trinajstić information content (AvgIpc) is 2.53. The van der Waals surface area contributed by atoms with Gasteiger partial charge in [0.05, 0.1) is 27.7 Å². The van der Waals surface area contributed by atoms with Crippen LogP contribution in [-0.4, -0.2) is 44.5 Å². The van der Waals surface area contributed by atoms with Gasteiger partial charge in [-0.3, -0.25) is 0 Å². The van der Waals surface area contributed by atoms with Gasteiger partial charge in [-0.2, -0.15) is 0 Å². The van der Waals surface area contributed by atoms with E-state index < -0.39 is 7.37 Å². The Hall–Kier alpha value is 0.150. The molecule has 0 aromatic carbocycles. The van der Waals surface area contributed by atoms with Crippen LogP contribution in [0.1, 0.15) is 103 Å². The van der Waals surface area contributed by atoms with Crippen molar-refractivity contribution in [1.29, 1.82) is 0 Å². The lowest BCUT2D eigenvalue weighted by Gasteiger charge is -2.27. The number of hydrogen-bond acceptors (Lipinski definition) is 2. The Labute approximate surface area is 165 Å². The molecule has 1 unspecified atom stereocenters. The van der Waals surface area contributed by atoms with Crippen LogP contribution in [0.2, 0.25) is 0 Å². The smallest absolute Gasteiger partial charge is 0.0784 e. The molecule has 0 aliphatic heterocycles. The van der Waals surface area contributed by atoms with Crippen LogP contribution in [0.4, 0.5) is 0 Å². The van der Waals surface area contributed by atoms with Crippen LogP contribution in [-0.2, 0) is 4.57 Å². The van der Waals surface area contributed by atoms with Crippen molar-refractivity contribution in [2.45, 2.75) is 103 Å². The Morgan fingerprint density at radius 3 is 1.35 bits per heavy atom.